The summed E-state index contributed by atoms with van der Waals surface area (Å²) in [4.78, 5) is 5.18. The zero-order valence-corrected chi connectivity index (χ0v) is 19.7. The average Bonchev–Trinajstić information content (AvgIpc) is 2.74. The highest BCUT2D eigenvalue weighted by molar-refractivity contribution is 7.89. The van der Waals surface area contributed by atoms with Crippen molar-refractivity contribution < 1.29 is 8.42 Å². The fraction of sp³-hybridized carbons (Fsp3) is 0.435. The molecule has 31 heavy (non-hydrogen) atoms. The van der Waals surface area contributed by atoms with Crippen molar-refractivity contribution in [3.63, 3.8) is 0 Å². The van der Waals surface area contributed by atoms with Gasteiger partial charge >= 0.3 is 0 Å². The van der Waals surface area contributed by atoms with Gasteiger partial charge in [-0.05, 0) is 43.9 Å². The third-order valence-corrected chi connectivity index (χ3v) is 8.18. The number of piperidine rings is 1. The number of halogens is 1. The van der Waals surface area contributed by atoms with Gasteiger partial charge < -0.3 is 10.6 Å². The molecule has 2 aromatic rings. The zero-order chi connectivity index (χ0) is 21.2. The predicted molar refractivity (Wildman–Crippen MR) is 127 cm³/mol. The summed E-state index contributed by atoms with van der Waals surface area (Å²) in [6, 6.07) is 15.8. The van der Waals surface area contributed by atoms with Gasteiger partial charge in [0.05, 0.1) is 17.0 Å². The number of benzene rings is 2. The molecule has 0 aromatic heterocycles. The van der Waals surface area contributed by atoms with Crippen molar-refractivity contribution in [3.05, 3.63) is 65.2 Å². The van der Waals surface area contributed by atoms with Gasteiger partial charge in [-0.1, -0.05) is 48.0 Å². The van der Waals surface area contributed by atoms with Crippen LogP contribution in [0.25, 0.3) is 0 Å². The van der Waals surface area contributed by atoms with Crippen LogP contribution in [0, 0.1) is 13.8 Å². The van der Waals surface area contributed by atoms with Crippen molar-refractivity contribution in [1.29, 1.82) is 0 Å². The molecule has 2 aliphatic heterocycles. The summed E-state index contributed by atoms with van der Waals surface area (Å²) < 4.78 is 28.1. The Labute approximate surface area is 191 Å². The Hall–Kier alpha value is -1.93. The van der Waals surface area contributed by atoms with E-state index < -0.39 is 10.0 Å². The van der Waals surface area contributed by atoms with Crippen LogP contribution in [0.5, 0.6) is 0 Å². The number of amidine groups is 1. The SMILES string of the molecule is Cc1ccc(S(=O)(=O)N2CCC3(CC2)NCCN=C3NCc2ccccc2)c(C)c1.Cl. The first-order chi connectivity index (χ1) is 14.4. The van der Waals surface area contributed by atoms with Gasteiger partial charge in [-0.2, -0.15) is 4.31 Å². The first-order valence-corrected chi connectivity index (χ1v) is 12.0. The van der Waals surface area contributed by atoms with E-state index in [0.29, 0.717) is 37.4 Å². The van der Waals surface area contributed by atoms with Gasteiger partial charge in [-0.3, -0.25) is 4.99 Å². The van der Waals surface area contributed by atoms with Crippen molar-refractivity contribution in [2.24, 2.45) is 4.99 Å². The van der Waals surface area contributed by atoms with Crippen molar-refractivity contribution in [1.82, 2.24) is 14.9 Å². The summed E-state index contributed by atoms with van der Waals surface area (Å²) in [6.45, 7) is 7.08. The van der Waals surface area contributed by atoms with Crippen LogP contribution < -0.4 is 10.6 Å². The summed E-state index contributed by atoms with van der Waals surface area (Å²) in [5, 5.41) is 7.16. The smallest absolute Gasteiger partial charge is 0.243 e. The van der Waals surface area contributed by atoms with Crippen LogP contribution >= 0.6 is 12.4 Å². The Balaban J connectivity index is 0.00000272. The molecule has 1 saturated heterocycles. The van der Waals surface area contributed by atoms with Gasteiger partial charge in [-0.15, -0.1) is 12.4 Å². The molecule has 0 unspecified atom stereocenters. The minimum Gasteiger partial charge on any atom is -0.368 e. The van der Waals surface area contributed by atoms with E-state index >= 15 is 0 Å². The van der Waals surface area contributed by atoms with Crippen LogP contribution in [0.2, 0.25) is 0 Å². The molecule has 2 aliphatic rings. The lowest BCUT2D eigenvalue weighted by Crippen LogP contribution is -2.64. The van der Waals surface area contributed by atoms with Crippen molar-refractivity contribution in [2.75, 3.05) is 26.2 Å². The first-order valence-electron chi connectivity index (χ1n) is 10.6. The number of nitrogens with one attached hydrogen (secondary N) is 2. The molecule has 1 fully saturated rings. The molecule has 0 aliphatic carbocycles. The number of sulfonamides is 1. The van der Waals surface area contributed by atoms with Crippen LogP contribution in [0.1, 0.15) is 29.5 Å². The first kappa shape index (κ1) is 23.7. The Morgan fingerprint density at radius 3 is 2.48 bits per heavy atom. The number of hydrogen-bond acceptors (Lipinski definition) is 5. The zero-order valence-electron chi connectivity index (χ0n) is 18.1. The normalized spacial score (nSPS) is 18.8. The van der Waals surface area contributed by atoms with Crippen LogP contribution in [-0.4, -0.2) is 50.3 Å². The number of hydrogen-bond donors (Lipinski definition) is 2. The van der Waals surface area contributed by atoms with Gasteiger partial charge in [-0.25, -0.2) is 8.42 Å². The third-order valence-electron chi connectivity index (χ3n) is 6.13. The maximum Gasteiger partial charge on any atom is 0.243 e. The van der Waals surface area contributed by atoms with Crippen LogP contribution in [-0.2, 0) is 16.6 Å². The molecule has 0 saturated carbocycles. The highest BCUT2D eigenvalue weighted by atomic mass is 35.5. The van der Waals surface area contributed by atoms with E-state index in [1.54, 1.807) is 10.4 Å². The molecule has 0 amide bonds. The van der Waals surface area contributed by atoms with Gasteiger partial charge in [0, 0.05) is 26.2 Å². The number of aliphatic imine (C=N–C) groups is 1. The van der Waals surface area contributed by atoms with Crippen molar-refractivity contribution >= 4 is 28.3 Å². The molecule has 6 nitrogen and oxygen atoms in total. The summed E-state index contributed by atoms with van der Waals surface area (Å²) >= 11 is 0. The fourth-order valence-electron chi connectivity index (χ4n) is 4.45. The van der Waals surface area contributed by atoms with Crippen LogP contribution in [0.4, 0.5) is 0 Å². The minimum absolute atomic E-state index is 0. The fourth-order valence-corrected chi connectivity index (χ4v) is 6.10. The monoisotopic (exact) mass is 462 g/mol. The summed E-state index contributed by atoms with van der Waals surface area (Å²) in [7, 11) is -3.49. The molecule has 2 aromatic carbocycles. The lowest BCUT2D eigenvalue weighted by atomic mass is 9.85. The van der Waals surface area contributed by atoms with E-state index in [1.165, 1.54) is 5.56 Å². The quantitative estimate of drug-likeness (QED) is 0.732. The van der Waals surface area contributed by atoms with Gasteiger partial charge in [0.1, 0.15) is 5.84 Å². The van der Waals surface area contributed by atoms with E-state index in [1.807, 2.05) is 44.2 Å². The molecule has 0 radical (unpaired) electrons. The largest absolute Gasteiger partial charge is 0.368 e. The van der Waals surface area contributed by atoms with E-state index in [2.05, 4.69) is 22.8 Å². The molecule has 8 heteroatoms. The molecule has 1 spiro atoms. The van der Waals surface area contributed by atoms with Crippen LogP contribution in [0.15, 0.2) is 58.4 Å². The molecule has 4 rings (SSSR count). The molecular weight excluding hydrogens is 432 g/mol. The molecule has 2 heterocycles. The Morgan fingerprint density at radius 1 is 1.10 bits per heavy atom. The molecule has 168 valence electrons. The number of aryl methyl sites for hydroxylation is 2. The topological polar surface area (TPSA) is 73.8 Å². The second-order valence-corrected chi connectivity index (χ2v) is 10.2. The Kier molecular flexibility index (Phi) is 7.42. The lowest BCUT2D eigenvalue weighted by Gasteiger charge is -2.44. The average molecular weight is 463 g/mol. The maximum absolute atomic E-state index is 13.2. The molecule has 0 bridgehead atoms. The Morgan fingerprint density at radius 2 is 1.81 bits per heavy atom. The highest BCUT2D eigenvalue weighted by Crippen LogP contribution is 2.30. The van der Waals surface area contributed by atoms with Gasteiger partial charge in [0.2, 0.25) is 10.0 Å². The van der Waals surface area contributed by atoms with E-state index in [-0.39, 0.29) is 17.9 Å². The van der Waals surface area contributed by atoms with Gasteiger partial charge in [0.15, 0.2) is 0 Å². The molecular formula is C23H31ClN4O2S. The second-order valence-electron chi connectivity index (χ2n) is 8.25. The molecule has 0 atom stereocenters. The highest BCUT2D eigenvalue weighted by Gasteiger charge is 2.43. The summed E-state index contributed by atoms with van der Waals surface area (Å²) in [6.07, 6.45) is 1.41. The van der Waals surface area contributed by atoms with Crippen molar-refractivity contribution in [3.8, 4) is 0 Å². The Bertz CT molecular complexity index is 1030. The third kappa shape index (κ3) is 4.95. The number of rotatable bonds is 4. The van der Waals surface area contributed by atoms with E-state index in [9.17, 15) is 8.42 Å². The van der Waals surface area contributed by atoms with Crippen LogP contribution in [0.3, 0.4) is 0 Å². The molecule has 2 N–H and O–H groups in total. The van der Waals surface area contributed by atoms with E-state index in [4.69, 9.17) is 4.99 Å². The maximum atomic E-state index is 13.2. The predicted octanol–water partition coefficient (Wildman–Crippen LogP) is 3.04. The summed E-state index contributed by atoms with van der Waals surface area (Å²) in [5.41, 5.74) is 2.80. The number of nitrogens with zero attached hydrogens (tertiary/aromatic N) is 2. The minimum atomic E-state index is -3.49. The summed E-state index contributed by atoms with van der Waals surface area (Å²) in [5.74, 6) is 0.959. The van der Waals surface area contributed by atoms with Gasteiger partial charge in [0.25, 0.3) is 0 Å². The van der Waals surface area contributed by atoms with Crippen molar-refractivity contribution in [2.45, 2.75) is 43.7 Å². The lowest BCUT2D eigenvalue weighted by molar-refractivity contribution is 0.241. The second kappa shape index (κ2) is 9.69. The standard InChI is InChI=1S/C23H30N4O2S.ClH/c1-18-8-9-21(19(2)16-18)30(28,29)27-14-10-23(11-15-27)22(24-12-13-26-23)25-17-20-6-4-3-5-7-20;/h3-9,16,26H,10-15,17H2,1-2H3,(H,24,25);1H. The van der Waals surface area contributed by atoms with E-state index in [0.717, 1.165) is 30.1 Å².